The zero-order chi connectivity index (χ0) is 15.5. The fourth-order valence-corrected chi connectivity index (χ4v) is 2.02. The van der Waals surface area contributed by atoms with Crippen LogP contribution in [0.25, 0.3) is 0 Å². The highest BCUT2D eigenvalue weighted by atomic mass is 16.7. The molecule has 9 heteroatoms. The molecule has 1 rings (SSSR count). The molecule has 4 atom stereocenters. The van der Waals surface area contributed by atoms with Crippen molar-refractivity contribution in [3.05, 3.63) is 10.1 Å². The molecule has 0 aromatic carbocycles. The molecule has 20 heavy (non-hydrogen) atoms. The molecule has 9 nitrogen and oxygen atoms in total. The Kier molecular flexibility index (Phi) is 5.01. The Morgan fingerprint density at radius 2 is 1.85 bits per heavy atom. The lowest BCUT2D eigenvalue weighted by atomic mass is 9.86. The second-order valence-corrected chi connectivity index (χ2v) is 4.55. The normalized spacial score (nSPS) is 33.3. The SMILES string of the molecule is COC1OCC(OC(C)=O)C(C)([N+](=O)[O-])C1OC(C)=O. The first-order chi connectivity index (χ1) is 9.23. The molecule has 0 aromatic heterocycles. The van der Waals surface area contributed by atoms with Gasteiger partial charge in [0.2, 0.25) is 12.4 Å². The van der Waals surface area contributed by atoms with Crippen molar-refractivity contribution in [1.29, 1.82) is 0 Å². The quantitative estimate of drug-likeness (QED) is 0.400. The van der Waals surface area contributed by atoms with Gasteiger partial charge in [-0.2, -0.15) is 0 Å². The summed E-state index contributed by atoms with van der Waals surface area (Å²) >= 11 is 0. The van der Waals surface area contributed by atoms with Gasteiger partial charge in [-0.1, -0.05) is 0 Å². The fourth-order valence-electron chi connectivity index (χ4n) is 2.02. The van der Waals surface area contributed by atoms with Crippen molar-refractivity contribution >= 4 is 11.9 Å². The number of nitro groups is 1. The lowest BCUT2D eigenvalue weighted by Crippen LogP contribution is -2.67. The van der Waals surface area contributed by atoms with Gasteiger partial charge >= 0.3 is 11.9 Å². The summed E-state index contributed by atoms with van der Waals surface area (Å²) < 4.78 is 20.1. The number of ether oxygens (including phenoxy) is 4. The fraction of sp³-hybridized carbons (Fsp3) is 0.818. The first kappa shape index (κ1) is 16.3. The van der Waals surface area contributed by atoms with E-state index in [0.717, 1.165) is 13.8 Å². The zero-order valence-electron chi connectivity index (χ0n) is 11.7. The van der Waals surface area contributed by atoms with Crippen LogP contribution in [0.3, 0.4) is 0 Å². The Morgan fingerprint density at radius 3 is 2.25 bits per heavy atom. The zero-order valence-corrected chi connectivity index (χ0v) is 11.7. The van der Waals surface area contributed by atoms with Crippen LogP contribution in [0.1, 0.15) is 20.8 Å². The number of hydrogen-bond acceptors (Lipinski definition) is 8. The highest BCUT2D eigenvalue weighted by Gasteiger charge is 2.63. The third-order valence-corrected chi connectivity index (χ3v) is 3.11. The number of carbonyl (C=O) groups excluding carboxylic acids is 2. The predicted molar refractivity (Wildman–Crippen MR) is 63.3 cm³/mol. The van der Waals surface area contributed by atoms with Crippen molar-refractivity contribution in [3.8, 4) is 0 Å². The molecular formula is C11H17NO8. The Labute approximate surface area is 115 Å². The van der Waals surface area contributed by atoms with Gasteiger partial charge in [0.15, 0.2) is 6.10 Å². The maximum atomic E-state index is 11.4. The van der Waals surface area contributed by atoms with Crippen molar-refractivity contribution in [2.24, 2.45) is 0 Å². The largest absolute Gasteiger partial charge is 0.452 e. The van der Waals surface area contributed by atoms with E-state index in [0.29, 0.717) is 0 Å². The van der Waals surface area contributed by atoms with Gasteiger partial charge in [-0.3, -0.25) is 19.7 Å². The number of methoxy groups -OCH3 is 1. The van der Waals surface area contributed by atoms with Crippen molar-refractivity contribution in [1.82, 2.24) is 0 Å². The lowest BCUT2D eigenvalue weighted by Gasteiger charge is -2.41. The number of nitrogens with zero attached hydrogens (tertiary/aromatic N) is 1. The van der Waals surface area contributed by atoms with E-state index in [1.165, 1.54) is 14.0 Å². The average molecular weight is 291 g/mol. The summed E-state index contributed by atoms with van der Waals surface area (Å²) in [6.07, 6.45) is -3.63. The van der Waals surface area contributed by atoms with Crippen molar-refractivity contribution in [2.45, 2.75) is 44.8 Å². The van der Waals surface area contributed by atoms with Gasteiger partial charge in [-0.15, -0.1) is 0 Å². The van der Waals surface area contributed by atoms with Crippen molar-refractivity contribution in [3.63, 3.8) is 0 Å². The number of esters is 2. The van der Waals surface area contributed by atoms with Crippen molar-refractivity contribution < 1.29 is 33.5 Å². The minimum atomic E-state index is -1.86. The van der Waals surface area contributed by atoms with E-state index in [-0.39, 0.29) is 6.61 Å². The summed E-state index contributed by atoms with van der Waals surface area (Å²) in [6, 6.07) is 0. The standard InChI is InChI=1S/C11H17NO8/c1-6(13)19-8-5-18-10(17-4)9(20-7(2)14)11(8,3)12(15)16/h8-10H,5H2,1-4H3. The third kappa shape index (κ3) is 3.05. The molecule has 0 bridgehead atoms. The molecule has 4 unspecified atom stereocenters. The molecule has 1 aliphatic rings. The maximum Gasteiger partial charge on any atom is 0.303 e. The summed E-state index contributed by atoms with van der Waals surface area (Å²) in [6.45, 7) is 3.24. The molecular weight excluding hydrogens is 274 g/mol. The van der Waals surface area contributed by atoms with E-state index >= 15 is 0 Å². The molecule has 1 saturated heterocycles. The molecule has 0 aromatic rings. The van der Waals surface area contributed by atoms with Gasteiger partial charge in [0.05, 0.1) is 6.61 Å². The van der Waals surface area contributed by atoms with Crippen molar-refractivity contribution in [2.75, 3.05) is 13.7 Å². The second-order valence-electron chi connectivity index (χ2n) is 4.55. The summed E-state index contributed by atoms with van der Waals surface area (Å²) in [5.41, 5.74) is -1.86. The highest BCUT2D eigenvalue weighted by molar-refractivity contribution is 5.67. The summed E-state index contributed by atoms with van der Waals surface area (Å²) in [5, 5.41) is 11.4. The molecule has 1 heterocycles. The van der Waals surface area contributed by atoms with E-state index in [2.05, 4.69) is 0 Å². The predicted octanol–water partition coefficient (Wildman–Crippen LogP) is -0.112. The smallest absolute Gasteiger partial charge is 0.303 e. The van der Waals surface area contributed by atoms with Crippen LogP contribution >= 0.6 is 0 Å². The Morgan fingerprint density at radius 1 is 1.30 bits per heavy atom. The van der Waals surface area contributed by atoms with Crippen LogP contribution in [0.5, 0.6) is 0 Å². The van der Waals surface area contributed by atoms with Crippen LogP contribution in [-0.4, -0.2) is 54.6 Å². The molecule has 1 fully saturated rings. The van der Waals surface area contributed by atoms with Crippen LogP contribution in [0.15, 0.2) is 0 Å². The average Bonchev–Trinajstić information content (AvgIpc) is 2.33. The van der Waals surface area contributed by atoms with Gasteiger partial charge in [0.1, 0.15) is 0 Å². The monoisotopic (exact) mass is 291 g/mol. The van der Waals surface area contributed by atoms with Crippen LogP contribution in [0.2, 0.25) is 0 Å². The summed E-state index contributed by atoms with van der Waals surface area (Å²) in [7, 11) is 1.27. The highest BCUT2D eigenvalue weighted by Crippen LogP contribution is 2.33. The Bertz CT molecular complexity index is 411. The number of carbonyl (C=O) groups is 2. The minimum Gasteiger partial charge on any atom is -0.452 e. The van der Waals surface area contributed by atoms with Crippen LogP contribution in [-0.2, 0) is 28.5 Å². The van der Waals surface area contributed by atoms with E-state index in [1.807, 2.05) is 0 Å². The Hall–Kier alpha value is -1.74. The molecule has 0 N–H and O–H groups in total. The van der Waals surface area contributed by atoms with Gasteiger partial charge in [-0.05, 0) is 0 Å². The maximum absolute atomic E-state index is 11.4. The Balaban J connectivity index is 3.17. The first-order valence-electron chi connectivity index (χ1n) is 5.86. The van der Waals surface area contributed by atoms with E-state index in [9.17, 15) is 19.7 Å². The molecule has 0 saturated carbocycles. The molecule has 0 aliphatic carbocycles. The first-order valence-corrected chi connectivity index (χ1v) is 5.86. The second kappa shape index (κ2) is 6.14. The topological polar surface area (TPSA) is 114 Å². The van der Waals surface area contributed by atoms with Gasteiger partial charge < -0.3 is 18.9 Å². The van der Waals surface area contributed by atoms with E-state index in [4.69, 9.17) is 18.9 Å². The van der Waals surface area contributed by atoms with E-state index < -0.39 is 40.9 Å². The van der Waals surface area contributed by atoms with Gasteiger partial charge in [0, 0.05) is 32.8 Å². The number of hydrogen-bond donors (Lipinski definition) is 0. The van der Waals surface area contributed by atoms with Crippen LogP contribution < -0.4 is 0 Å². The summed E-state index contributed by atoms with van der Waals surface area (Å²) in [4.78, 5) is 33.0. The van der Waals surface area contributed by atoms with Gasteiger partial charge in [-0.25, -0.2) is 0 Å². The molecule has 0 amide bonds. The number of rotatable bonds is 4. The molecule has 1 aliphatic heterocycles. The van der Waals surface area contributed by atoms with E-state index in [1.54, 1.807) is 0 Å². The van der Waals surface area contributed by atoms with Gasteiger partial charge in [0.25, 0.3) is 5.54 Å². The minimum absolute atomic E-state index is 0.229. The van der Waals surface area contributed by atoms with Crippen LogP contribution in [0, 0.1) is 10.1 Å². The molecule has 0 radical (unpaired) electrons. The molecule has 0 spiro atoms. The summed E-state index contributed by atoms with van der Waals surface area (Å²) in [5.74, 6) is -1.42. The lowest BCUT2D eigenvalue weighted by molar-refractivity contribution is -0.604. The third-order valence-electron chi connectivity index (χ3n) is 3.11. The molecule has 114 valence electrons. The van der Waals surface area contributed by atoms with Crippen LogP contribution in [0.4, 0.5) is 0 Å².